The molecule has 0 bridgehead atoms. The average Bonchev–Trinajstić information content (AvgIpc) is 2.29. The first-order valence-electron chi connectivity index (χ1n) is 7.12. The summed E-state index contributed by atoms with van der Waals surface area (Å²) >= 11 is 1.83. The van der Waals surface area contributed by atoms with Crippen LogP contribution in [0.2, 0.25) is 0 Å². The van der Waals surface area contributed by atoms with Crippen LogP contribution in [0.4, 0.5) is 4.79 Å². The molecule has 0 aromatic heterocycles. The third-order valence-electron chi connectivity index (χ3n) is 2.40. The van der Waals surface area contributed by atoms with Gasteiger partial charge in [-0.15, -0.1) is 0 Å². The van der Waals surface area contributed by atoms with E-state index < -0.39 is 11.7 Å². The Morgan fingerprint density at radius 2 is 2.05 bits per heavy atom. The summed E-state index contributed by atoms with van der Waals surface area (Å²) in [5, 5.41) is 12.8. The van der Waals surface area contributed by atoms with Gasteiger partial charge in [-0.05, 0) is 52.7 Å². The van der Waals surface area contributed by atoms with Crippen LogP contribution in [-0.2, 0) is 4.74 Å². The summed E-state index contributed by atoms with van der Waals surface area (Å²) in [5.74, 6) is 1.14. The highest BCUT2D eigenvalue weighted by Gasteiger charge is 2.22. The first-order valence-corrected chi connectivity index (χ1v) is 8.51. The van der Waals surface area contributed by atoms with Crippen molar-refractivity contribution in [3.63, 3.8) is 0 Å². The first kappa shape index (κ1) is 19.5. The minimum absolute atomic E-state index is 0.293. The molecule has 0 aliphatic heterocycles. The summed E-state index contributed by atoms with van der Waals surface area (Å²) in [6.45, 7) is 9.67. The molecule has 120 valence electrons. The fourth-order valence-corrected chi connectivity index (χ4v) is 2.02. The van der Waals surface area contributed by atoms with E-state index in [0.717, 1.165) is 18.7 Å². The number of rotatable bonds is 9. The highest BCUT2D eigenvalue weighted by Crippen LogP contribution is 2.10. The van der Waals surface area contributed by atoms with Crippen LogP contribution in [0.15, 0.2) is 0 Å². The van der Waals surface area contributed by atoms with E-state index in [0.29, 0.717) is 19.6 Å². The lowest BCUT2D eigenvalue weighted by atomic mass is 10.2. The maximum atomic E-state index is 12.0. The fraction of sp³-hybridized carbons (Fsp3) is 0.929. The van der Waals surface area contributed by atoms with Gasteiger partial charge in [0.2, 0.25) is 0 Å². The molecule has 2 N–H and O–H groups in total. The van der Waals surface area contributed by atoms with Gasteiger partial charge in [-0.1, -0.05) is 0 Å². The van der Waals surface area contributed by atoms with Crippen LogP contribution >= 0.6 is 11.8 Å². The predicted molar refractivity (Wildman–Crippen MR) is 85.4 cm³/mol. The molecule has 0 saturated heterocycles. The standard InChI is InChI=1S/C14H30N2O3S/c1-12(17)11-16(13(18)19-14(2,3)4)9-8-15-7-6-10-20-5/h12,15,17H,6-11H2,1-5H3. The highest BCUT2D eigenvalue weighted by atomic mass is 32.2. The highest BCUT2D eigenvalue weighted by molar-refractivity contribution is 7.98. The molecule has 0 spiro atoms. The van der Waals surface area contributed by atoms with E-state index in [1.165, 1.54) is 0 Å². The Morgan fingerprint density at radius 3 is 2.55 bits per heavy atom. The van der Waals surface area contributed by atoms with Crippen molar-refractivity contribution >= 4 is 17.9 Å². The number of hydrogen-bond donors (Lipinski definition) is 2. The Hall–Kier alpha value is -0.460. The number of aliphatic hydroxyl groups is 1. The Bertz CT molecular complexity index is 268. The molecule has 0 fully saturated rings. The maximum absolute atomic E-state index is 12.0. The molecule has 1 amide bonds. The zero-order valence-corrected chi connectivity index (χ0v) is 14.3. The molecular formula is C14H30N2O3S. The minimum atomic E-state index is -0.556. The Kier molecular flexibility index (Phi) is 10.1. The van der Waals surface area contributed by atoms with Crippen molar-refractivity contribution in [3.8, 4) is 0 Å². The first-order chi connectivity index (χ1) is 9.26. The predicted octanol–water partition coefficient (Wildman–Crippen LogP) is 1.95. The van der Waals surface area contributed by atoms with Crippen LogP contribution < -0.4 is 5.32 Å². The monoisotopic (exact) mass is 306 g/mol. The maximum Gasteiger partial charge on any atom is 0.410 e. The van der Waals surface area contributed by atoms with Crippen LogP contribution in [-0.4, -0.2) is 66.0 Å². The van der Waals surface area contributed by atoms with Gasteiger partial charge in [0, 0.05) is 19.6 Å². The smallest absolute Gasteiger partial charge is 0.410 e. The number of thioether (sulfide) groups is 1. The number of aliphatic hydroxyl groups excluding tert-OH is 1. The van der Waals surface area contributed by atoms with Crippen molar-refractivity contribution in [2.75, 3.05) is 38.2 Å². The third-order valence-corrected chi connectivity index (χ3v) is 3.09. The van der Waals surface area contributed by atoms with E-state index in [1.807, 2.05) is 32.5 Å². The number of ether oxygens (including phenoxy) is 1. The second-order valence-corrected chi connectivity index (χ2v) is 6.86. The van der Waals surface area contributed by atoms with Gasteiger partial charge >= 0.3 is 6.09 Å². The topological polar surface area (TPSA) is 61.8 Å². The second kappa shape index (κ2) is 10.3. The van der Waals surface area contributed by atoms with Gasteiger partial charge in [0.05, 0.1) is 6.10 Å². The molecule has 0 aromatic carbocycles. The third kappa shape index (κ3) is 11.4. The lowest BCUT2D eigenvalue weighted by Gasteiger charge is -2.28. The van der Waals surface area contributed by atoms with Crippen LogP contribution in [0.25, 0.3) is 0 Å². The van der Waals surface area contributed by atoms with E-state index in [4.69, 9.17) is 4.74 Å². The van der Waals surface area contributed by atoms with Gasteiger partial charge in [-0.3, -0.25) is 0 Å². The summed E-state index contributed by atoms with van der Waals surface area (Å²) < 4.78 is 5.34. The minimum Gasteiger partial charge on any atom is -0.444 e. The van der Waals surface area contributed by atoms with Crippen LogP contribution in [0.3, 0.4) is 0 Å². The number of nitrogens with one attached hydrogen (secondary N) is 1. The second-order valence-electron chi connectivity index (χ2n) is 5.87. The number of hydrogen-bond acceptors (Lipinski definition) is 5. The summed E-state index contributed by atoms with van der Waals surface area (Å²) in [4.78, 5) is 13.6. The van der Waals surface area contributed by atoms with E-state index in [-0.39, 0.29) is 6.09 Å². The van der Waals surface area contributed by atoms with Crippen molar-refractivity contribution in [3.05, 3.63) is 0 Å². The molecule has 1 unspecified atom stereocenters. The quantitative estimate of drug-likeness (QED) is 0.638. The lowest BCUT2D eigenvalue weighted by molar-refractivity contribution is 0.0164. The largest absolute Gasteiger partial charge is 0.444 e. The molecule has 0 aromatic rings. The average molecular weight is 306 g/mol. The number of amides is 1. The number of carbonyl (C=O) groups is 1. The molecule has 1 atom stereocenters. The number of nitrogens with zero attached hydrogens (tertiary/aromatic N) is 1. The SMILES string of the molecule is CSCCCNCCN(CC(C)O)C(=O)OC(C)(C)C. The van der Waals surface area contributed by atoms with Gasteiger partial charge in [-0.25, -0.2) is 4.79 Å². The van der Waals surface area contributed by atoms with E-state index in [9.17, 15) is 9.90 Å². The molecular weight excluding hydrogens is 276 g/mol. The van der Waals surface area contributed by atoms with E-state index in [2.05, 4.69) is 11.6 Å². The van der Waals surface area contributed by atoms with Gasteiger partial charge in [0.1, 0.15) is 5.60 Å². The van der Waals surface area contributed by atoms with Gasteiger partial charge in [-0.2, -0.15) is 11.8 Å². The lowest BCUT2D eigenvalue weighted by Crippen LogP contribution is -2.43. The molecule has 6 heteroatoms. The van der Waals surface area contributed by atoms with Crippen molar-refractivity contribution in [1.29, 1.82) is 0 Å². The van der Waals surface area contributed by atoms with Gasteiger partial charge in [0.15, 0.2) is 0 Å². The molecule has 0 aliphatic carbocycles. The molecule has 0 aliphatic rings. The molecule has 5 nitrogen and oxygen atoms in total. The molecule has 0 heterocycles. The van der Waals surface area contributed by atoms with Crippen LogP contribution in [0.1, 0.15) is 34.1 Å². The summed E-state index contributed by atoms with van der Waals surface area (Å²) in [6.07, 6.45) is 2.28. The van der Waals surface area contributed by atoms with E-state index in [1.54, 1.807) is 11.8 Å². The Morgan fingerprint density at radius 1 is 1.40 bits per heavy atom. The van der Waals surface area contributed by atoms with Crippen molar-refractivity contribution < 1.29 is 14.6 Å². The van der Waals surface area contributed by atoms with Gasteiger partial charge in [0.25, 0.3) is 0 Å². The van der Waals surface area contributed by atoms with Crippen molar-refractivity contribution in [2.45, 2.75) is 45.8 Å². The fourth-order valence-electron chi connectivity index (χ4n) is 1.58. The zero-order chi connectivity index (χ0) is 15.6. The van der Waals surface area contributed by atoms with Crippen molar-refractivity contribution in [2.24, 2.45) is 0 Å². The Labute approximate surface area is 127 Å². The number of carbonyl (C=O) groups excluding carboxylic acids is 1. The Balaban J connectivity index is 4.11. The molecule has 0 saturated carbocycles. The van der Waals surface area contributed by atoms with Crippen LogP contribution in [0.5, 0.6) is 0 Å². The van der Waals surface area contributed by atoms with Crippen molar-refractivity contribution in [1.82, 2.24) is 10.2 Å². The molecule has 0 radical (unpaired) electrons. The zero-order valence-electron chi connectivity index (χ0n) is 13.4. The molecule has 0 rings (SSSR count). The van der Waals surface area contributed by atoms with Crippen LogP contribution in [0, 0.1) is 0 Å². The normalized spacial score (nSPS) is 13.1. The van der Waals surface area contributed by atoms with Gasteiger partial charge < -0.3 is 20.1 Å². The summed E-state index contributed by atoms with van der Waals surface area (Å²) in [7, 11) is 0. The summed E-state index contributed by atoms with van der Waals surface area (Å²) in [5.41, 5.74) is -0.514. The van der Waals surface area contributed by atoms with E-state index >= 15 is 0 Å². The molecule has 20 heavy (non-hydrogen) atoms. The summed E-state index contributed by atoms with van der Waals surface area (Å²) in [6, 6.07) is 0.